The summed E-state index contributed by atoms with van der Waals surface area (Å²) in [4.78, 5) is 2.02. The van der Waals surface area contributed by atoms with E-state index in [9.17, 15) is 8.42 Å². The fraction of sp³-hybridized carbons (Fsp3) is 0.538. The first kappa shape index (κ1) is 14.8. The summed E-state index contributed by atoms with van der Waals surface area (Å²) in [5, 5.41) is -0.322. The molecule has 102 valence electrons. The van der Waals surface area contributed by atoms with Gasteiger partial charge in [0.15, 0.2) is 9.84 Å². The summed E-state index contributed by atoms with van der Waals surface area (Å²) >= 11 is 0. The Hall–Kier alpha value is -1.23. The third-order valence-corrected chi connectivity index (χ3v) is 5.17. The number of anilines is 2. The van der Waals surface area contributed by atoms with Gasteiger partial charge in [-0.05, 0) is 39.0 Å². The molecule has 0 aliphatic rings. The van der Waals surface area contributed by atoms with E-state index in [-0.39, 0.29) is 11.0 Å². The minimum atomic E-state index is -2.99. The second-order valence-electron chi connectivity index (χ2n) is 4.59. The topological polar surface area (TPSA) is 63.4 Å². The van der Waals surface area contributed by atoms with Crippen LogP contribution in [0.4, 0.5) is 11.4 Å². The number of rotatable bonds is 6. The van der Waals surface area contributed by atoms with Gasteiger partial charge < -0.3 is 10.6 Å². The Kier molecular flexibility index (Phi) is 5.02. The van der Waals surface area contributed by atoms with Crippen LogP contribution in [-0.4, -0.2) is 32.5 Å². The van der Waals surface area contributed by atoms with Crippen molar-refractivity contribution in [2.45, 2.75) is 26.0 Å². The molecule has 0 saturated carbocycles. The van der Waals surface area contributed by atoms with Gasteiger partial charge in [-0.15, -0.1) is 0 Å². The van der Waals surface area contributed by atoms with Gasteiger partial charge in [-0.2, -0.15) is 0 Å². The molecular weight excluding hydrogens is 248 g/mol. The second-order valence-corrected chi connectivity index (χ2v) is 7.27. The monoisotopic (exact) mass is 270 g/mol. The van der Waals surface area contributed by atoms with E-state index >= 15 is 0 Å². The lowest BCUT2D eigenvalue weighted by atomic mass is 10.2. The lowest BCUT2D eigenvalue weighted by molar-refractivity contribution is 0.586. The third-order valence-electron chi connectivity index (χ3n) is 2.98. The maximum Gasteiger partial charge on any atom is 0.154 e. The molecule has 2 N–H and O–H groups in total. The summed E-state index contributed by atoms with van der Waals surface area (Å²) in [6, 6.07) is 7.51. The highest BCUT2D eigenvalue weighted by Crippen LogP contribution is 2.17. The molecule has 0 radical (unpaired) electrons. The standard InChI is InChI=1S/C13H22N2O2S/c1-4-15(8-9-18(16,17)11(2)3)13-7-5-6-12(14)10-13/h5-7,10-11H,4,8-9,14H2,1-3H3. The Morgan fingerprint density at radius 1 is 1.33 bits per heavy atom. The average Bonchev–Trinajstić information content (AvgIpc) is 2.29. The van der Waals surface area contributed by atoms with Gasteiger partial charge in [0, 0.05) is 24.5 Å². The van der Waals surface area contributed by atoms with Crippen LogP contribution in [0, 0.1) is 0 Å². The van der Waals surface area contributed by atoms with E-state index in [2.05, 4.69) is 0 Å². The van der Waals surface area contributed by atoms with Crippen LogP contribution in [0.15, 0.2) is 24.3 Å². The summed E-state index contributed by atoms with van der Waals surface area (Å²) in [6.45, 7) is 6.70. The maximum atomic E-state index is 11.8. The van der Waals surface area contributed by atoms with Gasteiger partial charge in [-0.1, -0.05) is 6.07 Å². The smallest absolute Gasteiger partial charge is 0.154 e. The van der Waals surface area contributed by atoms with E-state index in [0.29, 0.717) is 12.2 Å². The number of sulfone groups is 1. The first-order valence-electron chi connectivity index (χ1n) is 6.19. The summed E-state index contributed by atoms with van der Waals surface area (Å²) in [5.74, 6) is 0.174. The number of hydrogen-bond donors (Lipinski definition) is 1. The van der Waals surface area contributed by atoms with E-state index in [1.54, 1.807) is 13.8 Å². The molecule has 0 aliphatic carbocycles. The van der Waals surface area contributed by atoms with Gasteiger partial charge in [-0.25, -0.2) is 8.42 Å². The van der Waals surface area contributed by atoms with Crippen molar-refractivity contribution in [2.75, 3.05) is 29.5 Å². The van der Waals surface area contributed by atoms with E-state index in [1.165, 1.54) is 0 Å². The zero-order chi connectivity index (χ0) is 13.8. The number of nitrogens with two attached hydrogens (primary N) is 1. The lowest BCUT2D eigenvalue weighted by Gasteiger charge is -2.23. The van der Waals surface area contributed by atoms with Gasteiger partial charge in [0.05, 0.1) is 11.0 Å². The zero-order valence-corrected chi connectivity index (χ0v) is 12.1. The van der Waals surface area contributed by atoms with E-state index in [0.717, 1.165) is 12.2 Å². The molecule has 1 aromatic carbocycles. The number of nitrogen functional groups attached to an aromatic ring is 1. The van der Waals surface area contributed by atoms with Gasteiger partial charge >= 0.3 is 0 Å². The molecule has 5 heteroatoms. The molecular formula is C13H22N2O2S. The van der Waals surface area contributed by atoms with Crippen molar-refractivity contribution in [3.63, 3.8) is 0 Å². The van der Waals surface area contributed by atoms with Crippen LogP contribution in [0.1, 0.15) is 20.8 Å². The Morgan fingerprint density at radius 3 is 2.50 bits per heavy atom. The van der Waals surface area contributed by atoms with Crippen molar-refractivity contribution in [3.8, 4) is 0 Å². The highest BCUT2D eigenvalue weighted by atomic mass is 32.2. The molecule has 0 atom stereocenters. The van der Waals surface area contributed by atoms with Crippen LogP contribution < -0.4 is 10.6 Å². The molecule has 0 aromatic heterocycles. The SMILES string of the molecule is CCN(CCS(=O)(=O)C(C)C)c1cccc(N)c1. The van der Waals surface area contributed by atoms with E-state index in [1.807, 2.05) is 36.1 Å². The minimum absolute atomic E-state index is 0.174. The van der Waals surface area contributed by atoms with Crippen LogP contribution >= 0.6 is 0 Å². The van der Waals surface area contributed by atoms with Gasteiger partial charge in [0.25, 0.3) is 0 Å². The molecule has 1 rings (SSSR count). The van der Waals surface area contributed by atoms with Crippen LogP contribution in [0.5, 0.6) is 0 Å². The highest BCUT2D eigenvalue weighted by molar-refractivity contribution is 7.92. The third kappa shape index (κ3) is 3.91. The molecule has 0 aliphatic heterocycles. The van der Waals surface area contributed by atoms with Gasteiger partial charge in [-0.3, -0.25) is 0 Å². The van der Waals surface area contributed by atoms with Crippen molar-refractivity contribution in [3.05, 3.63) is 24.3 Å². The average molecular weight is 270 g/mol. The molecule has 0 unspecified atom stereocenters. The largest absolute Gasteiger partial charge is 0.399 e. The molecule has 0 saturated heterocycles. The van der Waals surface area contributed by atoms with Crippen LogP contribution in [0.2, 0.25) is 0 Å². The van der Waals surface area contributed by atoms with E-state index in [4.69, 9.17) is 5.73 Å². The fourth-order valence-corrected chi connectivity index (χ4v) is 2.61. The number of benzene rings is 1. The molecule has 0 spiro atoms. The predicted octanol–water partition coefficient (Wildman–Crippen LogP) is 1.92. The van der Waals surface area contributed by atoms with Crippen molar-refractivity contribution < 1.29 is 8.42 Å². The van der Waals surface area contributed by atoms with Gasteiger partial charge in [0.2, 0.25) is 0 Å². The molecule has 0 heterocycles. The Morgan fingerprint density at radius 2 is 2.00 bits per heavy atom. The molecule has 1 aromatic rings. The molecule has 0 fully saturated rings. The summed E-state index contributed by atoms with van der Waals surface area (Å²) < 4.78 is 23.6. The normalized spacial score (nSPS) is 11.8. The van der Waals surface area contributed by atoms with Gasteiger partial charge in [0.1, 0.15) is 0 Å². The quantitative estimate of drug-likeness (QED) is 0.802. The summed E-state index contributed by atoms with van der Waals surface area (Å²) in [7, 11) is -2.99. The first-order chi connectivity index (χ1) is 8.36. The predicted molar refractivity (Wildman–Crippen MR) is 77.7 cm³/mol. The minimum Gasteiger partial charge on any atom is -0.399 e. The number of nitrogens with zero attached hydrogens (tertiary/aromatic N) is 1. The maximum absolute atomic E-state index is 11.8. The van der Waals surface area contributed by atoms with Crippen molar-refractivity contribution in [2.24, 2.45) is 0 Å². The Bertz CT molecular complexity index is 484. The van der Waals surface area contributed by atoms with Crippen molar-refractivity contribution in [1.82, 2.24) is 0 Å². The summed E-state index contributed by atoms with van der Waals surface area (Å²) in [6.07, 6.45) is 0. The molecule has 18 heavy (non-hydrogen) atoms. The highest BCUT2D eigenvalue weighted by Gasteiger charge is 2.17. The van der Waals surface area contributed by atoms with Crippen molar-refractivity contribution in [1.29, 1.82) is 0 Å². The number of hydrogen-bond acceptors (Lipinski definition) is 4. The second kappa shape index (κ2) is 6.09. The molecule has 4 nitrogen and oxygen atoms in total. The van der Waals surface area contributed by atoms with E-state index < -0.39 is 9.84 Å². The molecule has 0 bridgehead atoms. The fourth-order valence-electron chi connectivity index (χ4n) is 1.66. The Labute approximate surface area is 110 Å². The van der Waals surface area contributed by atoms with Crippen LogP contribution in [0.25, 0.3) is 0 Å². The van der Waals surface area contributed by atoms with Crippen molar-refractivity contribution >= 4 is 21.2 Å². The first-order valence-corrected chi connectivity index (χ1v) is 7.90. The lowest BCUT2D eigenvalue weighted by Crippen LogP contribution is -2.31. The van der Waals surface area contributed by atoms with Crippen LogP contribution in [0.3, 0.4) is 0 Å². The zero-order valence-electron chi connectivity index (χ0n) is 11.3. The molecule has 0 amide bonds. The Balaban J connectivity index is 2.75. The van der Waals surface area contributed by atoms with Crippen LogP contribution in [-0.2, 0) is 9.84 Å². The summed E-state index contributed by atoms with van der Waals surface area (Å²) in [5.41, 5.74) is 7.40.